The van der Waals surface area contributed by atoms with E-state index < -0.39 is 0 Å². The summed E-state index contributed by atoms with van der Waals surface area (Å²) < 4.78 is 2.07. The van der Waals surface area contributed by atoms with E-state index in [9.17, 15) is 0 Å². The SMILES string of the molecule is CCNC(=NCc1ccc(Cn2ccnc2)cc1)NCCc1cc(C)cc(C)c1.I. The van der Waals surface area contributed by atoms with Gasteiger partial charge in [-0.2, -0.15) is 0 Å². The van der Waals surface area contributed by atoms with Gasteiger partial charge in [-0.1, -0.05) is 53.6 Å². The Hall–Kier alpha value is -2.35. The first kappa shape index (κ1) is 23.9. The van der Waals surface area contributed by atoms with E-state index in [1.54, 1.807) is 6.20 Å². The molecule has 0 aliphatic rings. The molecule has 0 unspecified atom stereocenters. The monoisotopic (exact) mass is 517 g/mol. The van der Waals surface area contributed by atoms with Crippen molar-refractivity contribution in [3.05, 3.63) is 89.0 Å². The summed E-state index contributed by atoms with van der Waals surface area (Å²) in [6.07, 6.45) is 6.60. The van der Waals surface area contributed by atoms with Crippen LogP contribution in [0.4, 0.5) is 0 Å². The van der Waals surface area contributed by atoms with E-state index in [0.29, 0.717) is 6.54 Å². The Morgan fingerprint density at radius 3 is 2.30 bits per heavy atom. The first-order valence-electron chi connectivity index (χ1n) is 10.3. The third kappa shape index (κ3) is 7.82. The Morgan fingerprint density at radius 2 is 1.67 bits per heavy atom. The molecule has 0 aliphatic carbocycles. The molecule has 0 aliphatic heterocycles. The van der Waals surface area contributed by atoms with Crippen LogP contribution in [0.1, 0.15) is 34.7 Å². The molecule has 2 aromatic carbocycles. The van der Waals surface area contributed by atoms with Crippen LogP contribution in [0.2, 0.25) is 0 Å². The molecule has 0 amide bonds. The molecule has 160 valence electrons. The van der Waals surface area contributed by atoms with Crippen LogP contribution in [0.5, 0.6) is 0 Å². The van der Waals surface area contributed by atoms with E-state index >= 15 is 0 Å². The maximum atomic E-state index is 4.73. The zero-order valence-electron chi connectivity index (χ0n) is 18.1. The highest BCUT2D eigenvalue weighted by Crippen LogP contribution is 2.09. The molecule has 3 rings (SSSR count). The molecule has 6 heteroatoms. The minimum Gasteiger partial charge on any atom is -0.357 e. The summed E-state index contributed by atoms with van der Waals surface area (Å²) in [6.45, 7) is 9.59. The highest BCUT2D eigenvalue weighted by atomic mass is 127. The molecule has 0 saturated carbocycles. The highest BCUT2D eigenvalue weighted by molar-refractivity contribution is 14.0. The fourth-order valence-electron chi connectivity index (χ4n) is 3.39. The Bertz CT molecular complexity index is 897. The lowest BCUT2D eigenvalue weighted by atomic mass is 10.1. The standard InChI is InChI=1S/C24H31N5.HI/c1-4-26-24(27-10-9-23-14-19(2)13-20(3)15-23)28-16-21-5-7-22(8-6-21)17-29-12-11-25-18-29;/h5-8,11-15,18H,4,9-10,16-17H2,1-3H3,(H2,26,27,28);1H. The fourth-order valence-corrected chi connectivity index (χ4v) is 3.39. The van der Waals surface area contributed by atoms with Crippen molar-refractivity contribution in [2.45, 2.75) is 40.3 Å². The van der Waals surface area contributed by atoms with E-state index in [-0.39, 0.29) is 24.0 Å². The molecule has 0 fully saturated rings. The number of rotatable bonds is 8. The van der Waals surface area contributed by atoms with E-state index in [0.717, 1.165) is 32.0 Å². The van der Waals surface area contributed by atoms with Crippen LogP contribution < -0.4 is 10.6 Å². The normalized spacial score (nSPS) is 11.1. The van der Waals surface area contributed by atoms with Crippen molar-refractivity contribution in [2.24, 2.45) is 4.99 Å². The molecule has 30 heavy (non-hydrogen) atoms. The van der Waals surface area contributed by atoms with Crippen molar-refractivity contribution in [1.29, 1.82) is 0 Å². The smallest absolute Gasteiger partial charge is 0.191 e. The molecule has 1 heterocycles. The van der Waals surface area contributed by atoms with Crippen molar-refractivity contribution in [3.63, 3.8) is 0 Å². The summed E-state index contributed by atoms with van der Waals surface area (Å²) in [5, 5.41) is 6.78. The molecule has 5 nitrogen and oxygen atoms in total. The van der Waals surface area contributed by atoms with Gasteiger partial charge in [-0.15, -0.1) is 24.0 Å². The number of hydrogen-bond donors (Lipinski definition) is 2. The Morgan fingerprint density at radius 1 is 0.967 bits per heavy atom. The zero-order chi connectivity index (χ0) is 20.5. The Balaban J connectivity index is 0.00000320. The summed E-state index contributed by atoms with van der Waals surface area (Å²) in [6, 6.07) is 15.3. The number of guanidine groups is 1. The van der Waals surface area contributed by atoms with Crippen molar-refractivity contribution in [1.82, 2.24) is 20.2 Å². The predicted octanol–water partition coefficient (Wildman–Crippen LogP) is 4.46. The van der Waals surface area contributed by atoms with E-state index in [1.807, 2.05) is 12.5 Å². The fraction of sp³-hybridized carbons (Fsp3) is 0.333. The van der Waals surface area contributed by atoms with Crippen LogP contribution in [0.15, 0.2) is 66.2 Å². The number of hydrogen-bond acceptors (Lipinski definition) is 2. The lowest BCUT2D eigenvalue weighted by Gasteiger charge is -2.12. The molecule has 3 aromatic rings. The molecule has 0 spiro atoms. The van der Waals surface area contributed by atoms with Crippen LogP contribution in [0.25, 0.3) is 0 Å². The van der Waals surface area contributed by atoms with E-state index in [1.165, 1.54) is 27.8 Å². The van der Waals surface area contributed by atoms with Gasteiger partial charge in [0.1, 0.15) is 0 Å². The maximum Gasteiger partial charge on any atom is 0.191 e. The largest absolute Gasteiger partial charge is 0.357 e. The minimum atomic E-state index is 0. The number of aryl methyl sites for hydroxylation is 2. The molecule has 0 atom stereocenters. The van der Waals surface area contributed by atoms with Crippen LogP contribution >= 0.6 is 24.0 Å². The molecule has 1 aromatic heterocycles. The summed E-state index contributed by atoms with van der Waals surface area (Å²) >= 11 is 0. The molecular weight excluding hydrogens is 485 g/mol. The van der Waals surface area contributed by atoms with Gasteiger partial charge in [0, 0.05) is 32.0 Å². The number of nitrogens with one attached hydrogen (secondary N) is 2. The second-order valence-corrected chi connectivity index (χ2v) is 7.42. The number of aliphatic imine (C=N–C) groups is 1. The van der Waals surface area contributed by atoms with Crippen molar-refractivity contribution in [2.75, 3.05) is 13.1 Å². The van der Waals surface area contributed by atoms with Gasteiger partial charge in [0.15, 0.2) is 5.96 Å². The first-order chi connectivity index (χ1) is 14.1. The van der Waals surface area contributed by atoms with Gasteiger partial charge >= 0.3 is 0 Å². The van der Waals surface area contributed by atoms with Gasteiger partial charge in [0.2, 0.25) is 0 Å². The van der Waals surface area contributed by atoms with E-state index in [2.05, 4.69) is 83.4 Å². The third-order valence-electron chi connectivity index (χ3n) is 4.70. The first-order valence-corrected chi connectivity index (χ1v) is 10.3. The molecule has 0 bridgehead atoms. The number of nitrogens with zero attached hydrogens (tertiary/aromatic N) is 3. The number of halogens is 1. The Kier molecular flexibility index (Phi) is 9.86. The number of aromatic nitrogens is 2. The van der Waals surface area contributed by atoms with Gasteiger partial charge in [0.25, 0.3) is 0 Å². The number of imidazole rings is 1. The lowest BCUT2D eigenvalue weighted by Crippen LogP contribution is -2.38. The second-order valence-electron chi connectivity index (χ2n) is 7.42. The molecule has 2 N–H and O–H groups in total. The predicted molar refractivity (Wildman–Crippen MR) is 136 cm³/mol. The number of benzene rings is 2. The Labute approximate surface area is 197 Å². The molecule has 0 radical (unpaired) electrons. The second kappa shape index (κ2) is 12.4. The van der Waals surface area contributed by atoms with Crippen molar-refractivity contribution in [3.8, 4) is 0 Å². The summed E-state index contributed by atoms with van der Waals surface area (Å²) in [5.41, 5.74) is 6.45. The quantitative estimate of drug-likeness (QED) is 0.264. The van der Waals surface area contributed by atoms with Gasteiger partial charge in [-0.25, -0.2) is 9.98 Å². The van der Waals surface area contributed by atoms with Gasteiger partial charge in [0.05, 0.1) is 12.9 Å². The van der Waals surface area contributed by atoms with Crippen LogP contribution in [0.3, 0.4) is 0 Å². The molecular formula is C24H32IN5. The summed E-state index contributed by atoms with van der Waals surface area (Å²) in [4.78, 5) is 8.82. The van der Waals surface area contributed by atoms with E-state index in [4.69, 9.17) is 4.99 Å². The average molecular weight is 517 g/mol. The highest BCUT2D eigenvalue weighted by Gasteiger charge is 2.01. The van der Waals surface area contributed by atoms with Crippen LogP contribution in [0, 0.1) is 13.8 Å². The third-order valence-corrected chi connectivity index (χ3v) is 4.70. The van der Waals surface area contributed by atoms with Gasteiger partial charge < -0.3 is 15.2 Å². The van der Waals surface area contributed by atoms with Crippen LogP contribution in [-0.4, -0.2) is 28.6 Å². The summed E-state index contributed by atoms with van der Waals surface area (Å²) in [7, 11) is 0. The average Bonchev–Trinajstić information content (AvgIpc) is 3.19. The maximum absolute atomic E-state index is 4.73. The van der Waals surface area contributed by atoms with Crippen molar-refractivity contribution >= 4 is 29.9 Å². The lowest BCUT2D eigenvalue weighted by molar-refractivity contribution is 0.794. The van der Waals surface area contributed by atoms with Gasteiger partial charge in [-0.3, -0.25) is 0 Å². The van der Waals surface area contributed by atoms with Crippen molar-refractivity contribution < 1.29 is 0 Å². The molecule has 0 saturated heterocycles. The minimum absolute atomic E-state index is 0. The van der Waals surface area contributed by atoms with Crippen LogP contribution in [-0.2, 0) is 19.5 Å². The topological polar surface area (TPSA) is 54.2 Å². The zero-order valence-corrected chi connectivity index (χ0v) is 20.4. The van der Waals surface area contributed by atoms with Gasteiger partial charge in [-0.05, 0) is 43.9 Å². The summed E-state index contributed by atoms with van der Waals surface area (Å²) in [5.74, 6) is 0.861.